The third-order valence-corrected chi connectivity index (χ3v) is 2.23. The first-order chi connectivity index (χ1) is 7.69. The third kappa shape index (κ3) is 3.24. The summed E-state index contributed by atoms with van der Waals surface area (Å²) in [6.45, 7) is 5.05. The summed E-state index contributed by atoms with van der Waals surface area (Å²) >= 11 is 0. The number of anilines is 2. The molecule has 0 aliphatic heterocycles. The number of hydrogen-bond acceptors (Lipinski definition) is 3. The fraction of sp³-hybridized carbons (Fsp3) is 0.417. The molecule has 1 aromatic rings. The van der Waals surface area contributed by atoms with E-state index in [9.17, 15) is 4.79 Å². The predicted octanol–water partition coefficient (Wildman–Crippen LogP) is 1.66. The molecule has 0 aliphatic rings. The van der Waals surface area contributed by atoms with Crippen LogP contribution in [0.3, 0.4) is 0 Å². The van der Waals surface area contributed by atoms with Crippen LogP contribution in [0.4, 0.5) is 11.4 Å². The molecule has 0 aromatic heterocycles. The van der Waals surface area contributed by atoms with Gasteiger partial charge in [0.05, 0.1) is 0 Å². The zero-order chi connectivity index (χ0) is 12.0. The van der Waals surface area contributed by atoms with Crippen LogP contribution in [-0.4, -0.2) is 25.7 Å². The van der Waals surface area contributed by atoms with Crippen LogP contribution in [-0.2, 0) is 9.53 Å². The quantitative estimate of drug-likeness (QED) is 0.771. The number of likely N-dealkylation sites (N-methyl/N-ethyl adjacent to an activating group) is 1. The molecule has 0 bridgehead atoms. The molecule has 0 saturated heterocycles. The number of nitrogen functional groups attached to an aromatic ring is 1. The SMILES string of the molecule is CCOCC(=O)N(CC)c1cccc(N)c1. The summed E-state index contributed by atoms with van der Waals surface area (Å²) < 4.78 is 5.11. The molecule has 0 aliphatic carbocycles. The van der Waals surface area contributed by atoms with E-state index in [4.69, 9.17) is 10.5 Å². The van der Waals surface area contributed by atoms with Gasteiger partial charge in [0.1, 0.15) is 6.61 Å². The summed E-state index contributed by atoms with van der Waals surface area (Å²) in [6.07, 6.45) is 0. The Morgan fingerprint density at radius 3 is 2.75 bits per heavy atom. The number of ether oxygens (including phenoxy) is 1. The van der Waals surface area contributed by atoms with E-state index in [0.717, 1.165) is 5.69 Å². The second-order valence-electron chi connectivity index (χ2n) is 3.37. The van der Waals surface area contributed by atoms with Crippen LogP contribution in [0.15, 0.2) is 24.3 Å². The third-order valence-electron chi connectivity index (χ3n) is 2.23. The first-order valence-electron chi connectivity index (χ1n) is 5.42. The Balaban J connectivity index is 2.77. The Hall–Kier alpha value is -1.55. The van der Waals surface area contributed by atoms with Gasteiger partial charge in [-0.3, -0.25) is 4.79 Å². The summed E-state index contributed by atoms with van der Waals surface area (Å²) in [5.74, 6) is -0.0463. The highest BCUT2D eigenvalue weighted by Crippen LogP contribution is 2.17. The van der Waals surface area contributed by atoms with Crippen molar-refractivity contribution < 1.29 is 9.53 Å². The van der Waals surface area contributed by atoms with Crippen molar-refractivity contribution >= 4 is 17.3 Å². The predicted molar refractivity (Wildman–Crippen MR) is 65.4 cm³/mol. The van der Waals surface area contributed by atoms with Gasteiger partial charge in [0, 0.05) is 24.5 Å². The monoisotopic (exact) mass is 222 g/mol. The van der Waals surface area contributed by atoms with Gasteiger partial charge in [-0.05, 0) is 32.0 Å². The van der Waals surface area contributed by atoms with Gasteiger partial charge in [-0.25, -0.2) is 0 Å². The molecule has 16 heavy (non-hydrogen) atoms. The number of nitrogens with two attached hydrogens (primary N) is 1. The lowest BCUT2D eigenvalue weighted by Crippen LogP contribution is -2.33. The van der Waals surface area contributed by atoms with Crippen molar-refractivity contribution in [2.75, 3.05) is 30.4 Å². The number of amides is 1. The molecule has 88 valence electrons. The molecule has 0 heterocycles. The maximum Gasteiger partial charge on any atom is 0.252 e. The first kappa shape index (κ1) is 12.5. The van der Waals surface area contributed by atoms with E-state index in [-0.39, 0.29) is 12.5 Å². The summed E-state index contributed by atoms with van der Waals surface area (Å²) in [7, 11) is 0. The molecular weight excluding hydrogens is 204 g/mol. The number of rotatable bonds is 5. The van der Waals surface area contributed by atoms with Crippen LogP contribution in [0.5, 0.6) is 0 Å². The molecule has 1 rings (SSSR count). The second-order valence-corrected chi connectivity index (χ2v) is 3.37. The van der Waals surface area contributed by atoms with E-state index in [1.165, 1.54) is 0 Å². The standard InChI is InChI=1S/C12H18N2O2/c1-3-14(12(15)9-16-4-2)11-7-5-6-10(13)8-11/h5-8H,3-4,9,13H2,1-2H3. The van der Waals surface area contributed by atoms with Crippen molar-refractivity contribution in [3.8, 4) is 0 Å². The molecule has 0 radical (unpaired) electrons. The largest absolute Gasteiger partial charge is 0.399 e. The zero-order valence-electron chi connectivity index (χ0n) is 9.77. The highest BCUT2D eigenvalue weighted by Gasteiger charge is 2.13. The molecule has 4 nitrogen and oxygen atoms in total. The minimum atomic E-state index is -0.0463. The average Bonchev–Trinajstić information content (AvgIpc) is 2.27. The normalized spacial score (nSPS) is 10.1. The van der Waals surface area contributed by atoms with Crippen LogP contribution in [0.2, 0.25) is 0 Å². The zero-order valence-corrected chi connectivity index (χ0v) is 9.77. The average molecular weight is 222 g/mol. The number of nitrogens with zero attached hydrogens (tertiary/aromatic N) is 1. The fourth-order valence-corrected chi connectivity index (χ4v) is 1.46. The minimum Gasteiger partial charge on any atom is -0.399 e. The van der Waals surface area contributed by atoms with Gasteiger partial charge in [-0.1, -0.05) is 6.07 Å². The Bertz CT molecular complexity index is 353. The Labute approximate surface area is 96.0 Å². The maximum absolute atomic E-state index is 11.8. The van der Waals surface area contributed by atoms with E-state index in [2.05, 4.69) is 0 Å². The Kier molecular flexibility index (Phi) is 4.79. The van der Waals surface area contributed by atoms with Crippen molar-refractivity contribution in [3.05, 3.63) is 24.3 Å². The number of carbonyl (C=O) groups excluding carboxylic acids is 1. The summed E-state index contributed by atoms with van der Waals surface area (Å²) in [4.78, 5) is 13.5. The second kappa shape index (κ2) is 6.12. The van der Waals surface area contributed by atoms with Crippen molar-refractivity contribution in [2.24, 2.45) is 0 Å². The summed E-state index contributed by atoms with van der Waals surface area (Å²) in [5.41, 5.74) is 7.15. The van der Waals surface area contributed by atoms with Crippen molar-refractivity contribution in [3.63, 3.8) is 0 Å². The van der Waals surface area contributed by atoms with E-state index in [1.54, 1.807) is 17.0 Å². The Morgan fingerprint density at radius 1 is 1.44 bits per heavy atom. The fourth-order valence-electron chi connectivity index (χ4n) is 1.46. The molecule has 4 heteroatoms. The number of carbonyl (C=O) groups is 1. The van der Waals surface area contributed by atoms with E-state index in [1.807, 2.05) is 26.0 Å². The number of benzene rings is 1. The minimum absolute atomic E-state index is 0.0463. The van der Waals surface area contributed by atoms with Crippen LogP contribution in [0, 0.1) is 0 Å². The van der Waals surface area contributed by atoms with Gasteiger partial charge in [0.15, 0.2) is 0 Å². The molecule has 0 atom stereocenters. The van der Waals surface area contributed by atoms with Gasteiger partial charge in [0.25, 0.3) is 5.91 Å². The van der Waals surface area contributed by atoms with Gasteiger partial charge < -0.3 is 15.4 Å². The van der Waals surface area contributed by atoms with Crippen LogP contribution in [0.1, 0.15) is 13.8 Å². The molecule has 0 saturated carbocycles. The summed E-state index contributed by atoms with van der Waals surface area (Å²) in [5, 5.41) is 0. The van der Waals surface area contributed by atoms with Crippen LogP contribution < -0.4 is 10.6 Å². The van der Waals surface area contributed by atoms with Gasteiger partial charge in [-0.2, -0.15) is 0 Å². The van der Waals surface area contributed by atoms with Gasteiger partial charge in [-0.15, -0.1) is 0 Å². The molecular formula is C12H18N2O2. The summed E-state index contributed by atoms with van der Waals surface area (Å²) in [6, 6.07) is 7.28. The van der Waals surface area contributed by atoms with E-state index < -0.39 is 0 Å². The lowest BCUT2D eigenvalue weighted by Gasteiger charge is -2.21. The topological polar surface area (TPSA) is 55.6 Å². The number of hydrogen-bond donors (Lipinski definition) is 1. The molecule has 1 amide bonds. The van der Waals surface area contributed by atoms with E-state index in [0.29, 0.717) is 18.8 Å². The Morgan fingerprint density at radius 2 is 2.19 bits per heavy atom. The molecule has 0 fully saturated rings. The lowest BCUT2D eigenvalue weighted by atomic mass is 10.2. The van der Waals surface area contributed by atoms with Crippen LogP contribution >= 0.6 is 0 Å². The van der Waals surface area contributed by atoms with Crippen molar-refractivity contribution in [1.82, 2.24) is 0 Å². The highest BCUT2D eigenvalue weighted by molar-refractivity contribution is 5.94. The smallest absolute Gasteiger partial charge is 0.252 e. The van der Waals surface area contributed by atoms with Crippen molar-refractivity contribution in [2.45, 2.75) is 13.8 Å². The lowest BCUT2D eigenvalue weighted by molar-refractivity contribution is -0.122. The van der Waals surface area contributed by atoms with Gasteiger partial charge >= 0.3 is 0 Å². The highest BCUT2D eigenvalue weighted by atomic mass is 16.5. The van der Waals surface area contributed by atoms with Gasteiger partial charge in [0.2, 0.25) is 0 Å². The molecule has 0 unspecified atom stereocenters. The van der Waals surface area contributed by atoms with Crippen LogP contribution in [0.25, 0.3) is 0 Å². The molecule has 2 N–H and O–H groups in total. The van der Waals surface area contributed by atoms with Crippen molar-refractivity contribution in [1.29, 1.82) is 0 Å². The molecule has 0 spiro atoms. The first-order valence-corrected chi connectivity index (χ1v) is 5.42. The molecule has 1 aromatic carbocycles. The maximum atomic E-state index is 11.8. The van der Waals surface area contributed by atoms with E-state index >= 15 is 0 Å².